The molecule has 0 aliphatic carbocycles. The Morgan fingerprint density at radius 2 is 2.00 bits per heavy atom. The number of methoxy groups -OCH3 is 1. The lowest BCUT2D eigenvalue weighted by molar-refractivity contribution is -0.113. The molecule has 1 aromatic rings. The summed E-state index contributed by atoms with van der Waals surface area (Å²) in [5.74, 6) is -0.480. The third-order valence-corrected chi connectivity index (χ3v) is 5.18. The fraction of sp³-hybridized carbons (Fsp3) is 0.500. The quantitative estimate of drug-likeness (QED) is 0.551. The van der Waals surface area contributed by atoms with E-state index < -0.39 is 29.3 Å². The first kappa shape index (κ1) is 22.0. The standard InChI is InChI=1S/C18H23FN4O6S/c1-20(18(26)30)28-11-13-10-23(17(25)29-13)12-3-4-15(14(19)9-12)21-5-7-22(8-6-21)16(24)27-2/h3-4,9,13H,5-8,10-11H2,1-2H3,(H,26,30)/t13-/m0/s1. The number of rotatable bonds is 5. The zero-order chi connectivity index (χ0) is 21.8. The Morgan fingerprint density at radius 1 is 1.30 bits per heavy atom. The number of carbonyl (C=O) groups is 3. The zero-order valence-corrected chi connectivity index (χ0v) is 17.5. The molecule has 2 saturated heterocycles. The van der Waals surface area contributed by atoms with E-state index in [0.717, 1.165) is 5.06 Å². The normalized spacial score (nSPS) is 19.0. The molecule has 0 radical (unpaired) electrons. The second-order valence-electron chi connectivity index (χ2n) is 6.77. The number of thiol groups is 1. The third-order valence-electron chi connectivity index (χ3n) is 4.89. The molecule has 30 heavy (non-hydrogen) atoms. The molecule has 2 aliphatic heterocycles. The lowest BCUT2D eigenvalue weighted by Gasteiger charge is -2.35. The first-order valence-electron chi connectivity index (χ1n) is 9.25. The molecule has 0 unspecified atom stereocenters. The number of ether oxygens (including phenoxy) is 2. The van der Waals surface area contributed by atoms with E-state index in [0.29, 0.717) is 37.6 Å². The average molecular weight is 442 g/mol. The van der Waals surface area contributed by atoms with Crippen LogP contribution in [0, 0.1) is 5.82 Å². The fourth-order valence-electron chi connectivity index (χ4n) is 3.25. The number of cyclic esters (lactones) is 1. The van der Waals surface area contributed by atoms with Crippen molar-refractivity contribution in [2.24, 2.45) is 0 Å². The van der Waals surface area contributed by atoms with E-state index >= 15 is 0 Å². The highest BCUT2D eigenvalue weighted by Crippen LogP contribution is 2.28. The molecule has 0 saturated carbocycles. The van der Waals surface area contributed by atoms with Crippen molar-refractivity contribution in [2.75, 3.05) is 63.3 Å². The Bertz CT molecular complexity index is 820. The van der Waals surface area contributed by atoms with E-state index in [1.165, 1.54) is 25.1 Å². The molecule has 1 aromatic carbocycles. The van der Waals surface area contributed by atoms with Crippen molar-refractivity contribution in [3.05, 3.63) is 24.0 Å². The molecule has 2 fully saturated rings. The largest absolute Gasteiger partial charge is 0.453 e. The zero-order valence-electron chi connectivity index (χ0n) is 16.6. The van der Waals surface area contributed by atoms with Crippen LogP contribution in [0.5, 0.6) is 0 Å². The Balaban J connectivity index is 1.61. The average Bonchev–Trinajstić information content (AvgIpc) is 3.12. The van der Waals surface area contributed by atoms with Crippen LogP contribution in [0.4, 0.5) is 30.1 Å². The van der Waals surface area contributed by atoms with Gasteiger partial charge in [-0.2, -0.15) is 0 Å². The van der Waals surface area contributed by atoms with Gasteiger partial charge in [0.15, 0.2) is 0 Å². The molecule has 10 nitrogen and oxygen atoms in total. The van der Waals surface area contributed by atoms with E-state index in [-0.39, 0.29) is 13.2 Å². The summed E-state index contributed by atoms with van der Waals surface area (Å²) in [5.41, 5.74) is 0.750. The van der Waals surface area contributed by atoms with Gasteiger partial charge in [0.1, 0.15) is 18.5 Å². The van der Waals surface area contributed by atoms with Crippen molar-refractivity contribution in [1.29, 1.82) is 0 Å². The van der Waals surface area contributed by atoms with Crippen LogP contribution in [0.2, 0.25) is 0 Å². The summed E-state index contributed by atoms with van der Waals surface area (Å²) in [6.45, 7) is 1.91. The minimum absolute atomic E-state index is 0.0317. The molecule has 0 N–H and O–H groups in total. The Kier molecular flexibility index (Phi) is 6.87. The highest BCUT2D eigenvalue weighted by Gasteiger charge is 2.34. The van der Waals surface area contributed by atoms with Gasteiger partial charge in [-0.05, 0) is 18.2 Å². The number of piperazine rings is 1. The number of carbonyl (C=O) groups excluding carboxylic acids is 3. The molecular formula is C18H23FN4O6S. The van der Waals surface area contributed by atoms with Crippen LogP contribution in [0.15, 0.2) is 18.2 Å². The monoisotopic (exact) mass is 442 g/mol. The molecule has 0 spiro atoms. The van der Waals surface area contributed by atoms with Gasteiger partial charge in [0.05, 0.1) is 25.0 Å². The van der Waals surface area contributed by atoms with Gasteiger partial charge in [0, 0.05) is 33.2 Å². The van der Waals surface area contributed by atoms with Crippen LogP contribution in [0.1, 0.15) is 0 Å². The highest BCUT2D eigenvalue weighted by atomic mass is 32.1. The molecule has 0 bridgehead atoms. The van der Waals surface area contributed by atoms with E-state index in [4.69, 9.17) is 14.3 Å². The fourth-order valence-corrected chi connectivity index (χ4v) is 3.31. The Morgan fingerprint density at radius 3 is 2.60 bits per heavy atom. The number of amides is 3. The summed E-state index contributed by atoms with van der Waals surface area (Å²) in [6.07, 6.45) is -1.63. The van der Waals surface area contributed by atoms with Gasteiger partial charge in [-0.1, -0.05) is 12.6 Å². The van der Waals surface area contributed by atoms with Crippen LogP contribution in [0.3, 0.4) is 0 Å². The van der Waals surface area contributed by atoms with Gasteiger partial charge in [0.2, 0.25) is 0 Å². The lowest BCUT2D eigenvalue weighted by Crippen LogP contribution is -2.49. The predicted octanol–water partition coefficient (Wildman–Crippen LogP) is 1.95. The second kappa shape index (κ2) is 9.39. The Labute approximate surface area is 178 Å². The van der Waals surface area contributed by atoms with Gasteiger partial charge in [-0.15, -0.1) is 0 Å². The summed E-state index contributed by atoms with van der Waals surface area (Å²) >= 11 is 3.62. The van der Waals surface area contributed by atoms with E-state index in [1.54, 1.807) is 17.0 Å². The van der Waals surface area contributed by atoms with E-state index in [9.17, 15) is 18.8 Å². The number of hydrogen-bond donors (Lipinski definition) is 1. The van der Waals surface area contributed by atoms with Crippen molar-refractivity contribution < 1.29 is 33.1 Å². The van der Waals surface area contributed by atoms with Gasteiger partial charge in [-0.3, -0.25) is 14.5 Å². The van der Waals surface area contributed by atoms with Crippen LogP contribution in [-0.2, 0) is 14.3 Å². The minimum atomic E-state index is -0.623. The topological polar surface area (TPSA) is 91.9 Å². The molecular weight excluding hydrogens is 419 g/mol. The van der Waals surface area contributed by atoms with Crippen molar-refractivity contribution in [3.8, 4) is 0 Å². The predicted molar refractivity (Wildman–Crippen MR) is 108 cm³/mol. The first-order chi connectivity index (χ1) is 14.3. The molecule has 3 amide bonds. The van der Waals surface area contributed by atoms with Crippen molar-refractivity contribution >= 4 is 41.4 Å². The summed E-state index contributed by atoms with van der Waals surface area (Å²) < 4.78 is 24.7. The van der Waals surface area contributed by atoms with Gasteiger partial charge in [-0.25, -0.2) is 19.0 Å². The summed E-state index contributed by atoms with van der Waals surface area (Å²) in [6, 6.07) is 4.51. The molecule has 164 valence electrons. The maximum Gasteiger partial charge on any atom is 0.414 e. The van der Waals surface area contributed by atoms with E-state index in [1.807, 2.05) is 4.90 Å². The number of hydrogen-bond acceptors (Lipinski definition) is 7. The number of hydroxylamine groups is 2. The van der Waals surface area contributed by atoms with Gasteiger partial charge in [0.25, 0.3) is 0 Å². The van der Waals surface area contributed by atoms with Crippen LogP contribution >= 0.6 is 12.6 Å². The van der Waals surface area contributed by atoms with Crippen molar-refractivity contribution in [1.82, 2.24) is 9.96 Å². The van der Waals surface area contributed by atoms with Gasteiger partial charge >= 0.3 is 17.4 Å². The SMILES string of the molecule is COC(=O)N1CCN(c2ccc(N3C[C@@H](CON(C)C(=O)S)OC3=O)cc2F)CC1. The molecule has 2 heterocycles. The van der Waals surface area contributed by atoms with Crippen LogP contribution in [-0.4, -0.2) is 87.0 Å². The maximum atomic E-state index is 14.8. The maximum absolute atomic E-state index is 14.8. The van der Waals surface area contributed by atoms with Crippen LogP contribution < -0.4 is 9.80 Å². The highest BCUT2D eigenvalue weighted by molar-refractivity contribution is 7.96. The van der Waals surface area contributed by atoms with Crippen LogP contribution in [0.25, 0.3) is 0 Å². The first-order valence-corrected chi connectivity index (χ1v) is 9.70. The van der Waals surface area contributed by atoms with Crippen molar-refractivity contribution in [3.63, 3.8) is 0 Å². The molecule has 0 aromatic heterocycles. The second-order valence-corrected chi connectivity index (χ2v) is 7.15. The number of benzene rings is 1. The molecule has 12 heteroatoms. The number of halogens is 1. The molecule has 3 rings (SSSR count). The number of nitrogens with zero attached hydrogens (tertiary/aromatic N) is 4. The summed E-state index contributed by atoms with van der Waals surface area (Å²) in [5, 5.41) is 0.342. The van der Waals surface area contributed by atoms with Gasteiger partial charge < -0.3 is 19.3 Å². The third kappa shape index (κ3) is 4.87. The molecule has 1 atom stereocenters. The summed E-state index contributed by atoms with van der Waals surface area (Å²) in [4.78, 5) is 44.6. The minimum Gasteiger partial charge on any atom is -0.453 e. The Hall–Kier alpha value is -2.73. The smallest absolute Gasteiger partial charge is 0.414 e. The lowest BCUT2D eigenvalue weighted by atomic mass is 10.2. The number of anilines is 2. The van der Waals surface area contributed by atoms with E-state index in [2.05, 4.69) is 12.6 Å². The summed E-state index contributed by atoms with van der Waals surface area (Å²) in [7, 11) is 2.72. The van der Waals surface area contributed by atoms with Crippen molar-refractivity contribution in [2.45, 2.75) is 6.10 Å². The molecule has 2 aliphatic rings.